The highest BCUT2D eigenvalue weighted by Gasteiger charge is 2.24. The molecular weight excluding hydrogens is 1130 g/mol. The first kappa shape index (κ1) is 63.9. The molecule has 454 valence electrons. The van der Waals surface area contributed by atoms with Gasteiger partial charge in [-0.05, 0) is 109 Å². The molecule has 0 saturated heterocycles. The predicted octanol–water partition coefficient (Wildman–Crippen LogP) is 14.8. The predicted molar refractivity (Wildman–Crippen MR) is 350 cm³/mol. The van der Waals surface area contributed by atoms with Gasteiger partial charge in [0.05, 0.1) is 34.1 Å². The number of fused-ring (bicyclic) bond motifs is 2. The van der Waals surface area contributed by atoms with Gasteiger partial charge >= 0.3 is 12.1 Å². The van der Waals surface area contributed by atoms with E-state index in [-0.39, 0.29) is 41.2 Å². The number of nitrogens with two attached hydrogens (primary N) is 1. The molecular formula is C68H73ClN12O7. The van der Waals surface area contributed by atoms with Crippen molar-refractivity contribution in [2.45, 2.75) is 92.8 Å². The fourth-order valence-electron chi connectivity index (χ4n) is 8.84. The molecule has 0 aliphatic carbocycles. The van der Waals surface area contributed by atoms with Crippen LogP contribution in [0.2, 0.25) is 0 Å². The zero-order valence-electron chi connectivity index (χ0n) is 51.0. The van der Waals surface area contributed by atoms with Crippen molar-refractivity contribution in [3.05, 3.63) is 204 Å². The first-order chi connectivity index (χ1) is 42.0. The molecule has 6 aromatic carbocycles. The second kappa shape index (κ2) is 28.9. The van der Waals surface area contributed by atoms with Crippen LogP contribution in [-0.2, 0) is 38.4 Å². The van der Waals surface area contributed by atoms with Gasteiger partial charge in [-0.2, -0.15) is 10.2 Å². The molecule has 10 aromatic rings. The smallest absolute Gasteiger partial charge is 0.324 e. The Kier molecular flexibility index (Phi) is 21.0. The van der Waals surface area contributed by atoms with Crippen LogP contribution in [0.5, 0.6) is 11.5 Å². The van der Waals surface area contributed by atoms with Crippen molar-refractivity contribution in [2.24, 2.45) is 0 Å². The van der Waals surface area contributed by atoms with E-state index in [1.165, 1.54) is 7.11 Å². The number of amides is 5. The third-order valence-electron chi connectivity index (χ3n) is 13.5. The Morgan fingerprint density at radius 2 is 0.955 bits per heavy atom. The standard InChI is InChI=1S/C34H36N6O4.C31H32N6O2.C3H5ClO/c1-22-10-12-24(13-11-22)40-31(19-29(39-40)34(2,3)4)38-33(42)36-27-14-15-28(26-9-7-6-8-25(26)27)44-20-23-16-17-35-30(18-23)37-32(41)21-43-5;1-20-9-11-22(12-10-20)37-29(18-27(36-37)31(2,3)4)35-30(38)34-25-13-14-26(24-8-6-5-7-23(24)25)39-19-21-15-16-33-28(32)17-21;1-2-3(4)5/h6-19H,20-21H2,1-5H3,(H,35,37,41)(H2,36,38,42);5-18H,19H2,1-4H3,(H2,32,33)(H2,34,35,38);2H2,1H3. The molecule has 0 bridgehead atoms. The first-order valence-corrected chi connectivity index (χ1v) is 28.9. The van der Waals surface area contributed by atoms with Gasteiger partial charge in [-0.3, -0.25) is 20.2 Å². The molecule has 0 aliphatic rings. The van der Waals surface area contributed by atoms with Crippen LogP contribution in [0.25, 0.3) is 32.9 Å². The van der Waals surface area contributed by atoms with E-state index >= 15 is 0 Å². The molecule has 0 spiro atoms. The van der Waals surface area contributed by atoms with E-state index in [4.69, 9.17) is 41.7 Å². The third kappa shape index (κ3) is 17.3. The second-order valence-corrected chi connectivity index (χ2v) is 23.1. The molecule has 7 N–H and O–H groups in total. The van der Waals surface area contributed by atoms with Crippen LogP contribution in [-0.4, -0.2) is 66.5 Å². The van der Waals surface area contributed by atoms with Crippen molar-refractivity contribution in [1.29, 1.82) is 0 Å². The summed E-state index contributed by atoms with van der Waals surface area (Å²) < 4.78 is 20.6. The van der Waals surface area contributed by atoms with Crippen molar-refractivity contribution in [3.8, 4) is 22.9 Å². The molecule has 88 heavy (non-hydrogen) atoms. The van der Waals surface area contributed by atoms with Gasteiger partial charge in [0.15, 0.2) is 0 Å². The summed E-state index contributed by atoms with van der Waals surface area (Å²) in [6, 6.07) is 49.2. The van der Waals surface area contributed by atoms with Crippen molar-refractivity contribution >= 4 is 91.0 Å². The van der Waals surface area contributed by atoms with E-state index in [0.717, 1.165) is 66.6 Å². The maximum atomic E-state index is 13.3. The lowest BCUT2D eigenvalue weighted by molar-refractivity contribution is -0.119. The number of carbonyl (C=O) groups excluding carboxylic acids is 4. The monoisotopic (exact) mass is 1200 g/mol. The van der Waals surface area contributed by atoms with Crippen molar-refractivity contribution in [2.75, 3.05) is 46.0 Å². The molecule has 10 rings (SSSR count). The van der Waals surface area contributed by atoms with Crippen molar-refractivity contribution in [3.63, 3.8) is 0 Å². The molecule has 0 fully saturated rings. The van der Waals surface area contributed by atoms with Crippen LogP contribution < -0.4 is 41.8 Å². The summed E-state index contributed by atoms with van der Waals surface area (Å²) in [5.74, 6) is 3.09. The fraction of sp³-hybridized carbons (Fsp3) is 0.235. The first-order valence-electron chi connectivity index (χ1n) is 28.5. The number of hydrogen-bond donors (Lipinski definition) is 6. The molecule has 19 nitrogen and oxygen atoms in total. The topological polar surface area (TPSA) is 244 Å². The number of anilines is 6. The average Bonchev–Trinajstić information content (AvgIpc) is 4.26. The second-order valence-electron chi connectivity index (χ2n) is 22.7. The lowest BCUT2D eigenvalue weighted by Gasteiger charge is -2.15. The SMILES string of the molecule is CCC(=O)Cl.COCC(=O)Nc1cc(COc2ccc(NC(=O)Nc3cc(C(C)(C)C)nn3-c3ccc(C)cc3)c3ccccc23)ccn1.Cc1ccc(-n2nc(C(C)(C)C)cc2NC(=O)Nc2ccc(OCc3ccnc(N)c3)c3ccccc23)cc1. The summed E-state index contributed by atoms with van der Waals surface area (Å²) in [6.45, 7) is 18.9. The number of halogens is 1. The summed E-state index contributed by atoms with van der Waals surface area (Å²) in [4.78, 5) is 56.2. The number of ether oxygens (including phenoxy) is 3. The summed E-state index contributed by atoms with van der Waals surface area (Å²) in [6.07, 6.45) is 3.70. The third-order valence-corrected chi connectivity index (χ3v) is 13.8. The molecule has 20 heteroatoms. The maximum absolute atomic E-state index is 13.3. The highest BCUT2D eigenvalue weighted by molar-refractivity contribution is 6.63. The highest BCUT2D eigenvalue weighted by atomic mass is 35.5. The number of rotatable bonds is 16. The zero-order chi connectivity index (χ0) is 63.1. The highest BCUT2D eigenvalue weighted by Crippen LogP contribution is 2.35. The van der Waals surface area contributed by atoms with Gasteiger partial charge in [-0.15, -0.1) is 0 Å². The van der Waals surface area contributed by atoms with Crippen molar-refractivity contribution < 1.29 is 33.4 Å². The number of hydrogen-bond acceptors (Lipinski definition) is 12. The number of aromatic nitrogens is 6. The van der Waals surface area contributed by atoms with Crippen LogP contribution in [0.3, 0.4) is 0 Å². The van der Waals surface area contributed by atoms with E-state index in [9.17, 15) is 19.2 Å². The number of carbonyl (C=O) groups is 4. The number of nitrogens with zero attached hydrogens (tertiary/aromatic N) is 6. The Morgan fingerprint density at radius 3 is 1.36 bits per heavy atom. The molecule has 5 amide bonds. The van der Waals surface area contributed by atoms with Gasteiger partial charge in [-0.25, -0.2) is 28.9 Å². The Balaban J connectivity index is 0.000000213. The number of urea groups is 2. The fourth-order valence-corrected chi connectivity index (χ4v) is 8.84. The number of nitrogens with one attached hydrogen (secondary N) is 5. The molecule has 0 radical (unpaired) electrons. The lowest BCUT2D eigenvalue weighted by atomic mass is 9.92. The number of pyridine rings is 2. The minimum Gasteiger partial charge on any atom is -0.488 e. The normalized spacial score (nSPS) is 11.1. The van der Waals surface area contributed by atoms with Crippen LogP contribution in [0.15, 0.2) is 170 Å². The van der Waals surface area contributed by atoms with E-state index in [1.807, 2.05) is 159 Å². The Morgan fingerprint density at radius 1 is 0.534 bits per heavy atom. The van der Waals surface area contributed by atoms with Gasteiger partial charge in [0.1, 0.15) is 54.6 Å². The van der Waals surface area contributed by atoms with Gasteiger partial charge in [0.2, 0.25) is 5.24 Å². The van der Waals surface area contributed by atoms with Crippen LogP contribution in [0.1, 0.15) is 88.5 Å². The van der Waals surface area contributed by atoms with Gasteiger partial charge < -0.3 is 35.9 Å². The summed E-state index contributed by atoms with van der Waals surface area (Å²) in [5.41, 5.74) is 14.2. The molecule has 0 aliphatic heterocycles. The zero-order valence-corrected chi connectivity index (χ0v) is 51.7. The Labute approximate surface area is 517 Å². The molecule has 4 heterocycles. The van der Waals surface area contributed by atoms with Crippen molar-refractivity contribution in [1.82, 2.24) is 29.5 Å². The molecule has 0 saturated carbocycles. The maximum Gasteiger partial charge on any atom is 0.324 e. The van der Waals surface area contributed by atoms with Gasteiger partial charge in [0, 0.05) is 70.4 Å². The molecule has 4 aromatic heterocycles. The number of nitrogen functional groups attached to an aromatic ring is 1. The van der Waals surface area contributed by atoms with E-state index in [0.29, 0.717) is 59.2 Å². The summed E-state index contributed by atoms with van der Waals surface area (Å²) in [7, 11) is 1.46. The summed E-state index contributed by atoms with van der Waals surface area (Å²) >= 11 is 4.82. The number of methoxy groups -OCH3 is 1. The Bertz CT molecular complexity index is 4080. The summed E-state index contributed by atoms with van der Waals surface area (Å²) in [5, 5.41) is 27.4. The minimum absolute atomic E-state index is 0.0544. The largest absolute Gasteiger partial charge is 0.488 e. The minimum atomic E-state index is -0.391. The van der Waals surface area contributed by atoms with E-state index in [1.54, 1.807) is 40.8 Å². The van der Waals surface area contributed by atoms with Crippen LogP contribution >= 0.6 is 11.6 Å². The molecule has 0 unspecified atom stereocenters. The average molecular weight is 1210 g/mol. The van der Waals surface area contributed by atoms with Crippen LogP contribution in [0, 0.1) is 13.8 Å². The van der Waals surface area contributed by atoms with Crippen LogP contribution in [0.4, 0.5) is 44.2 Å². The number of aryl methyl sites for hydroxylation is 2. The lowest BCUT2D eigenvalue weighted by Crippen LogP contribution is -2.21. The van der Waals surface area contributed by atoms with Gasteiger partial charge in [0.25, 0.3) is 5.91 Å². The molecule has 0 atom stereocenters. The van der Waals surface area contributed by atoms with E-state index in [2.05, 4.69) is 78.1 Å². The van der Waals surface area contributed by atoms with E-state index < -0.39 is 6.03 Å². The van der Waals surface area contributed by atoms with Gasteiger partial charge in [-0.1, -0.05) is 132 Å². The quantitative estimate of drug-likeness (QED) is 0.0495. The number of benzene rings is 6. The Hall–Kier alpha value is -10.1.